The lowest BCUT2D eigenvalue weighted by Gasteiger charge is -1.97. The van der Waals surface area contributed by atoms with Crippen molar-refractivity contribution in [2.45, 2.75) is 13.0 Å². The predicted molar refractivity (Wildman–Crippen MR) is 54.5 cm³/mol. The fourth-order valence-corrected chi connectivity index (χ4v) is 1.86. The van der Waals surface area contributed by atoms with Gasteiger partial charge in [0.05, 0.1) is 5.02 Å². The van der Waals surface area contributed by atoms with Crippen molar-refractivity contribution in [2.75, 3.05) is 6.54 Å². The third kappa shape index (κ3) is 3.27. The topological polar surface area (TPSA) is 12.0 Å². The Labute approximate surface area is 81.7 Å². The standard InChI is InChI=1S/C9H10ClNS/c1-2-3-4-11-6-9-5-8(10)7-12-9/h1,5,7,11H,3-4,6H2. The number of hydrogen-bond donors (Lipinski definition) is 1. The van der Waals surface area contributed by atoms with Crippen molar-refractivity contribution in [3.63, 3.8) is 0 Å². The van der Waals surface area contributed by atoms with E-state index >= 15 is 0 Å². The third-order valence-corrected chi connectivity index (χ3v) is 2.65. The van der Waals surface area contributed by atoms with E-state index in [1.165, 1.54) is 4.88 Å². The number of thiophene rings is 1. The maximum atomic E-state index is 5.75. The van der Waals surface area contributed by atoms with Gasteiger partial charge in [0.1, 0.15) is 0 Å². The van der Waals surface area contributed by atoms with Crippen LogP contribution in [0.15, 0.2) is 11.4 Å². The summed E-state index contributed by atoms with van der Waals surface area (Å²) < 4.78 is 0. The van der Waals surface area contributed by atoms with Gasteiger partial charge in [-0.25, -0.2) is 0 Å². The van der Waals surface area contributed by atoms with E-state index < -0.39 is 0 Å². The Morgan fingerprint density at radius 1 is 1.67 bits per heavy atom. The van der Waals surface area contributed by atoms with Gasteiger partial charge in [-0.15, -0.1) is 23.7 Å². The molecule has 0 unspecified atom stereocenters. The molecule has 3 heteroatoms. The molecule has 0 saturated heterocycles. The summed E-state index contributed by atoms with van der Waals surface area (Å²) in [5.74, 6) is 2.57. The first-order chi connectivity index (χ1) is 5.83. The molecule has 0 aliphatic carbocycles. The monoisotopic (exact) mass is 199 g/mol. The predicted octanol–water partition coefficient (Wildman–Crippen LogP) is 2.51. The van der Waals surface area contributed by atoms with Gasteiger partial charge in [0.2, 0.25) is 0 Å². The molecule has 1 aromatic rings. The minimum absolute atomic E-state index is 0.777. The maximum Gasteiger partial charge on any atom is 0.0516 e. The van der Waals surface area contributed by atoms with Crippen LogP contribution in [-0.4, -0.2) is 6.54 Å². The molecule has 0 aromatic carbocycles. The normalized spacial score (nSPS) is 9.67. The molecule has 1 rings (SSSR count). The zero-order chi connectivity index (χ0) is 8.81. The van der Waals surface area contributed by atoms with Crippen molar-refractivity contribution in [3.8, 4) is 12.3 Å². The van der Waals surface area contributed by atoms with Gasteiger partial charge in [-0.1, -0.05) is 11.6 Å². The molecule has 64 valence electrons. The van der Waals surface area contributed by atoms with Crippen LogP contribution in [0.3, 0.4) is 0 Å². The van der Waals surface area contributed by atoms with E-state index in [0.717, 1.165) is 24.5 Å². The molecule has 0 atom stereocenters. The summed E-state index contributed by atoms with van der Waals surface area (Å²) in [7, 11) is 0. The van der Waals surface area contributed by atoms with Gasteiger partial charge in [-0.3, -0.25) is 0 Å². The highest BCUT2D eigenvalue weighted by Crippen LogP contribution is 2.18. The minimum Gasteiger partial charge on any atom is -0.311 e. The zero-order valence-corrected chi connectivity index (χ0v) is 8.21. The van der Waals surface area contributed by atoms with Crippen LogP contribution in [0, 0.1) is 12.3 Å². The second-order valence-corrected chi connectivity index (χ2v) is 3.79. The lowest BCUT2D eigenvalue weighted by molar-refractivity contribution is 0.709. The summed E-state index contributed by atoms with van der Waals surface area (Å²) in [6, 6.07) is 1.97. The van der Waals surface area contributed by atoms with Crippen LogP contribution in [-0.2, 0) is 6.54 Å². The van der Waals surface area contributed by atoms with E-state index in [9.17, 15) is 0 Å². The Bertz CT molecular complexity index is 274. The van der Waals surface area contributed by atoms with Crippen molar-refractivity contribution in [1.82, 2.24) is 5.32 Å². The highest BCUT2D eigenvalue weighted by Gasteiger charge is 1.95. The molecule has 0 saturated carbocycles. The van der Waals surface area contributed by atoms with Crippen LogP contribution in [0.5, 0.6) is 0 Å². The molecule has 0 fully saturated rings. The number of nitrogens with one attached hydrogen (secondary N) is 1. The van der Waals surface area contributed by atoms with Crippen LogP contribution in [0.4, 0.5) is 0 Å². The van der Waals surface area contributed by atoms with Crippen molar-refractivity contribution in [2.24, 2.45) is 0 Å². The molecule has 1 nitrogen and oxygen atoms in total. The Morgan fingerprint density at radius 2 is 2.50 bits per heavy atom. The zero-order valence-electron chi connectivity index (χ0n) is 6.64. The van der Waals surface area contributed by atoms with Gasteiger partial charge < -0.3 is 5.32 Å². The smallest absolute Gasteiger partial charge is 0.0516 e. The molecule has 1 aromatic heterocycles. The van der Waals surface area contributed by atoms with Gasteiger partial charge in [-0.05, 0) is 6.07 Å². The fourth-order valence-electron chi connectivity index (χ4n) is 0.819. The number of hydrogen-bond acceptors (Lipinski definition) is 2. The molecule has 0 radical (unpaired) electrons. The van der Waals surface area contributed by atoms with Gasteiger partial charge in [0, 0.05) is 29.8 Å². The van der Waals surface area contributed by atoms with Crippen LogP contribution in [0.2, 0.25) is 5.02 Å². The van der Waals surface area contributed by atoms with E-state index in [4.69, 9.17) is 18.0 Å². The minimum atomic E-state index is 0.777. The largest absolute Gasteiger partial charge is 0.311 e. The van der Waals surface area contributed by atoms with Crippen molar-refractivity contribution < 1.29 is 0 Å². The van der Waals surface area contributed by atoms with Gasteiger partial charge in [0.25, 0.3) is 0 Å². The molecule has 12 heavy (non-hydrogen) atoms. The molecular weight excluding hydrogens is 190 g/mol. The highest BCUT2D eigenvalue weighted by atomic mass is 35.5. The molecule has 1 heterocycles. The SMILES string of the molecule is C#CCCNCc1cc(Cl)cs1. The van der Waals surface area contributed by atoms with E-state index in [1.807, 2.05) is 11.4 Å². The summed E-state index contributed by atoms with van der Waals surface area (Å²) in [4.78, 5) is 1.25. The molecule has 0 aliphatic heterocycles. The molecule has 0 amide bonds. The lowest BCUT2D eigenvalue weighted by Crippen LogP contribution is -2.12. The highest BCUT2D eigenvalue weighted by molar-refractivity contribution is 7.10. The van der Waals surface area contributed by atoms with Crippen molar-refractivity contribution in [3.05, 3.63) is 21.3 Å². The maximum absolute atomic E-state index is 5.75. The van der Waals surface area contributed by atoms with Crippen molar-refractivity contribution in [1.29, 1.82) is 0 Å². The van der Waals surface area contributed by atoms with E-state index in [1.54, 1.807) is 11.3 Å². The first kappa shape index (κ1) is 9.60. The summed E-state index contributed by atoms with van der Waals surface area (Å²) in [5, 5.41) is 5.97. The first-order valence-corrected chi connectivity index (χ1v) is 4.96. The Kier molecular flexibility index (Phi) is 4.16. The molecule has 0 aliphatic rings. The third-order valence-electron chi connectivity index (χ3n) is 1.37. The van der Waals surface area contributed by atoms with Gasteiger partial charge >= 0.3 is 0 Å². The first-order valence-electron chi connectivity index (χ1n) is 3.70. The van der Waals surface area contributed by atoms with E-state index in [0.29, 0.717) is 0 Å². The van der Waals surface area contributed by atoms with Crippen LogP contribution in [0.1, 0.15) is 11.3 Å². The Balaban J connectivity index is 2.21. The Morgan fingerprint density at radius 3 is 3.08 bits per heavy atom. The average molecular weight is 200 g/mol. The number of halogens is 1. The van der Waals surface area contributed by atoms with Gasteiger partial charge in [-0.2, -0.15) is 0 Å². The second-order valence-electron chi connectivity index (χ2n) is 2.36. The molecular formula is C9H10ClNS. The van der Waals surface area contributed by atoms with E-state index in [2.05, 4.69) is 11.2 Å². The van der Waals surface area contributed by atoms with Crippen molar-refractivity contribution >= 4 is 22.9 Å². The van der Waals surface area contributed by atoms with Crippen LogP contribution < -0.4 is 5.32 Å². The van der Waals surface area contributed by atoms with E-state index in [-0.39, 0.29) is 0 Å². The summed E-state index contributed by atoms with van der Waals surface area (Å²) in [6.45, 7) is 1.73. The average Bonchev–Trinajstić information content (AvgIpc) is 2.45. The second kappa shape index (κ2) is 5.21. The molecule has 0 spiro atoms. The summed E-state index contributed by atoms with van der Waals surface area (Å²) >= 11 is 7.41. The molecule has 1 N–H and O–H groups in total. The summed E-state index contributed by atoms with van der Waals surface area (Å²) in [5.41, 5.74) is 0. The Hall–Kier alpha value is -0.490. The molecule has 0 bridgehead atoms. The fraction of sp³-hybridized carbons (Fsp3) is 0.333. The lowest BCUT2D eigenvalue weighted by atomic mass is 10.4. The van der Waals surface area contributed by atoms with Crippen LogP contribution in [0.25, 0.3) is 0 Å². The van der Waals surface area contributed by atoms with Gasteiger partial charge in [0.15, 0.2) is 0 Å². The quantitative estimate of drug-likeness (QED) is 0.581. The van der Waals surface area contributed by atoms with Crippen LogP contribution >= 0.6 is 22.9 Å². The number of rotatable bonds is 4. The summed E-state index contributed by atoms with van der Waals surface area (Å²) in [6.07, 6.45) is 5.88. The number of terminal acetylenes is 1.